The summed E-state index contributed by atoms with van der Waals surface area (Å²) in [5.74, 6) is -1.52. The zero-order valence-corrected chi connectivity index (χ0v) is 13.5. The molecule has 1 heterocycles. The van der Waals surface area contributed by atoms with Gasteiger partial charge in [0.25, 0.3) is 0 Å². The second-order valence-electron chi connectivity index (χ2n) is 5.64. The van der Waals surface area contributed by atoms with Gasteiger partial charge in [0.15, 0.2) is 0 Å². The van der Waals surface area contributed by atoms with Crippen LogP contribution in [0.4, 0.5) is 4.39 Å². The molecule has 0 amide bonds. The Balaban J connectivity index is 1.85. The van der Waals surface area contributed by atoms with Crippen LogP contribution < -0.4 is 0 Å². The number of hydrogen-bond donors (Lipinski definition) is 1. The van der Waals surface area contributed by atoms with E-state index in [0.29, 0.717) is 38.1 Å². The van der Waals surface area contributed by atoms with Crippen molar-refractivity contribution in [2.24, 2.45) is 5.92 Å². The summed E-state index contributed by atoms with van der Waals surface area (Å²) in [5.41, 5.74) is 0.428. The number of benzene rings is 1. The zero-order chi connectivity index (χ0) is 16.9. The van der Waals surface area contributed by atoms with Crippen LogP contribution in [0.25, 0.3) is 0 Å². The van der Waals surface area contributed by atoms with Crippen molar-refractivity contribution in [3.05, 3.63) is 35.6 Å². The molecule has 1 aromatic carbocycles. The van der Waals surface area contributed by atoms with Crippen molar-refractivity contribution in [1.29, 1.82) is 0 Å². The van der Waals surface area contributed by atoms with E-state index in [1.54, 1.807) is 6.07 Å². The Morgan fingerprint density at radius 2 is 2.04 bits per heavy atom. The maximum Gasteiger partial charge on any atom is 0.329 e. The maximum absolute atomic E-state index is 13.1. The monoisotopic (exact) mass is 345 g/mol. The van der Waals surface area contributed by atoms with Crippen molar-refractivity contribution in [1.82, 2.24) is 4.31 Å². The third-order valence-electron chi connectivity index (χ3n) is 3.78. The van der Waals surface area contributed by atoms with Crippen molar-refractivity contribution in [2.45, 2.75) is 18.6 Å². The molecule has 0 atom stereocenters. The molecule has 1 N–H and O–H groups in total. The SMILES string of the molecule is O=C(O)COCC1CCN(S(=O)(=O)Cc2cccc(F)c2)CC1. The van der Waals surface area contributed by atoms with Crippen molar-refractivity contribution in [3.8, 4) is 0 Å². The maximum atomic E-state index is 13.1. The molecule has 0 unspecified atom stereocenters. The number of carbonyl (C=O) groups is 1. The summed E-state index contributed by atoms with van der Waals surface area (Å²) >= 11 is 0. The van der Waals surface area contributed by atoms with E-state index in [4.69, 9.17) is 9.84 Å². The quantitative estimate of drug-likeness (QED) is 0.809. The van der Waals surface area contributed by atoms with E-state index in [0.717, 1.165) is 0 Å². The number of aliphatic carboxylic acids is 1. The molecule has 1 aromatic rings. The topological polar surface area (TPSA) is 83.9 Å². The Morgan fingerprint density at radius 1 is 1.35 bits per heavy atom. The molecule has 2 rings (SSSR count). The van der Waals surface area contributed by atoms with Crippen molar-refractivity contribution in [2.75, 3.05) is 26.3 Å². The molecule has 0 bridgehead atoms. The smallest absolute Gasteiger partial charge is 0.329 e. The zero-order valence-electron chi connectivity index (χ0n) is 12.7. The van der Waals surface area contributed by atoms with Gasteiger partial charge < -0.3 is 9.84 Å². The third-order valence-corrected chi connectivity index (χ3v) is 5.63. The first-order valence-corrected chi connectivity index (χ1v) is 8.99. The van der Waals surface area contributed by atoms with E-state index in [1.807, 2.05) is 0 Å². The molecule has 6 nitrogen and oxygen atoms in total. The van der Waals surface area contributed by atoms with E-state index in [9.17, 15) is 17.6 Å². The molecule has 23 heavy (non-hydrogen) atoms. The summed E-state index contributed by atoms with van der Waals surface area (Å²) in [6.07, 6.45) is 1.25. The molecule has 0 radical (unpaired) electrons. The highest BCUT2D eigenvalue weighted by molar-refractivity contribution is 7.88. The van der Waals surface area contributed by atoms with Crippen LogP contribution in [-0.2, 0) is 25.3 Å². The molecule has 1 saturated heterocycles. The highest BCUT2D eigenvalue weighted by atomic mass is 32.2. The molecule has 1 fully saturated rings. The van der Waals surface area contributed by atoms with Gasteiger partial charge in [-0.3, -0.25) is 0 Å². The average molecular weight is 345 g/mol. The standard InChI is InChI=1S/C15H20FNO5S/c16-14-3-1-2-13(8-14)11-23(20,21)17-6-4-12(5-7-17)9-22-10-15(18)19/h1-3,8,12H,4-7,9-11H2,(H,18,19). The van der Waals surface area contributed by atoms with Gasteiger partial charge in [0, 0.05) is 13.1 Å². The molecular weight excluding hydrogens is 325 g/mol. The molecule has 0 spiro atoms. The lowest BCUT2D eigenvalue weighted by atomic mass is 9.99. The molecule has 0 aliphatic carbocycles. The Kier molecular flexibility index (Phi) is 6.09. The van der Waals surface area contributed by atoms with Crippen molar-refractivity contribution >= 4 is 16.0 Å². The fourth-order valence-corrected chi connectivity index (χ4v) is 4.15. The Bertz CT molecular complexity index is 641. The highest BCUT2D eigenvalue weighted by Gasteiger charge is 2.28. The fraction of sp³-hybridized carbons (Fsp3) is 0.533. The van der Waals surface area contributed by atoms with Gasteiger partial charge in [0.05, 0.1) is 12.4 Å². The van der Waals surface area contributed by atoms with Gasteiger partial charge in [0.1, 0.15) is 12.4 Å². The summed E-state index contributed by atoms with van der Waals surface area (Å²) in [7, 11) is -3.48. The lowest BCUT2D eigenvalue weighted by Gasteiger charge is -2.31. The first-order valence-electron chi connectivity index (χ1n) is 7.38. The van der Waals surface area contributed by atoms with Crippen LogP contribution >= 0.6 is 0 Å². The van der Waals surface area contributed by atoms with Crippen LogP contribution in [0.1, 0.15) is 18.4 Å². The number of rotatable bonds is 7. The predicted octanol–water partition coefficient (Wildman–Crippen LogP) is 1.47. The van der Waals surface area contributed by atoms with Crippen LogP contribution in [-0.4, -0.2) is 50.1 Å². The minimum absolute atomic E-state index is 0.162. The summed E-state index contributed by atoms with van der Waals surface area (Å²) in [5, 5.41) is 8.51. The van der Waals surface area contributed by atoms with Crippen LogP contribution in [0.2, 0.25) is 0 Å². The molecule has 128 valence electrons. The number of hydrogen-bond acceptors (Lipinski definition) is 4. The number of piperidine rings is 1. The van der Waals surface area contributed by atoms with Gasteiger partial charge in [-0.2, -0.15) is 0 Å². The summed E-state index contributed by atoms with van der Waals surface area (Å²) in [6.45, 7) is 0.736. The van der Waals surface area contributed by atoms with E-state index >= 15 is 0 Å². The van der Waals surface area contributed by atoms with Crippen molar-refractivity contribution in [3.63, 3.8) is 0 Å². The first-order chi connectivity index (χ1) is 10.9. The molecular formula is C15H20FNO5S. The number of nitrogens with zero attached hydrogens (tertiary/aromatic N) is 1. The molecule has 1 aliphatic rings. The Hall–Kier alpha value is -1.51. The van der Waals surface area contributed by atoms with E-state index in [1.165, 1.54) is 22.5 Å². The summed E-state index contributed by atoms with van der Waals surface area (Å²) in [4.78, 5) is 10.4. The lowest BCUT2D eigenvalue weighted by Crippen LogP contribution is -2.40. The first kappa shape index (κ1) is 17.8. The number of sulfonamides is 1. The predicted molar refractivity (Wildman–Crippen MR) is 81.8 cm³/mol. The van der Waals surface area contributed by atoms with Crippen LogP contribution in [0.5, 0.6) is 0 Å². The Morgan fingerprint density at radius 3 is 2.65 bits per heavy atom. The average Bonchev–Trinajstić information content (AvgIpc) is 2.47. The van der Waals surface area contributed by atoms with Gasteiger partial charge >= 0.3 is 5.97 Å². The molecule has 0 aromatic heterocycles. The number of ether oxygens (including phenoxy) is 1. The van der Waals surface area contributed by atoms with Crippen LogP contribution in [0, 0.1) is 11.7 Å². The van der Waals surface area contributed by atoms with Gasteiger partial charge in [-0.05, 0) is 36.5 Å². The van der Waals surface area contributed by atoms with E-state index < -0.39 is 21.8 Å². The van der Waals surface area contributed by atoms with Gasteiger partial charge in [-0.15, -0.1) is 0 Å². The minimum Gasteiger partial charge on any atom is -0.480 e. The highest BCUT2D eigenvalue weighted by Crippen LogP contribution is 2.22. The lowest BCUT2D eigenvalue weighted by molar-refractivity contribution is -0.142. The van der Waals surface area contributed by atoms with Crippen LogP contribution in [0.3, 0.4) is 0 Å². The van der Waals surface area contributed by atoms with E-state index in [2.05, 4.69) is 0 Å². The molecule has 1 aliphatic heterocycles. The number of carboxylic acid groups (broad SMARTS) is 1. The number of carboxylic acids is 1. The molecule has 8 heteroatoms. The summed E-state index contributed by atoms with van der Waals surface area (Å²) in [6, 6.07) is 5.59. The second-order valence-corrected chi connectivity index (χ2v) is 7.61. The van der Waals surface area contributed by atoms with E-state index in [-0.39, 0.29) is 18.3 Å². The van der Waals surface area contributed by atoms with Gasteiger partial charge in [-0.1, -0.05) is 12.1 Å². The summed E-state index contributed by atoms with van der Waals surface area (Å²) < 4.78 is 44.4. The normalized spacial score (nSPS) is 17.3. The third kappa shape index (κ3) is 5.56. The van der Waals surface area contributed by atoms with Gasteiger partial charge in [-0.25, -0.2) is 21.9 Å². The van der Waals surface area contributed by atoms with Crippen molar-refractivity contribution < 1.29 is 27.4 Å². The van der Waals surface area contributed by atoms with Gasteiger partial charge in [0.2, 0.25) is 10.0 Å². The minimum atomic E-state index is -3.48. The largest absolute Gasteiger partial charge is 0.480 e. The molecule has 0 saturated carbocycles. The number of halogens is 1. The fourth-order valence-electron chi connectivity index (χ4n) is 2.60. The second kappa shape index (κ2) is 7.85. The van der Waals surface area contributed by atoms with Crippen LogP contribution in [0.15, 0.2) is 24.3 Å². The Labute approximate surface area is 134 Å².